The molecule has 1 heterocycles. The molecular weight excluding hydrogens is 254 g/mol. The Morgan fingerprint density at radius 3 is 2.90 bits per heavy atom. The van der Waals surface area contributed by atoms with Crippen LogP contribution in [0.25, 0.3) is 0 Å². The van der Waals surface area contributed by atoms with Gasteiger partial charge in [0.05, 0.1) is 0 Å². The minimum Gasteiger partial charge on any atom is -0.382 e. The average Bonchev–Trinajstić information content (AvgIpc) is 2.93. The maximum Gasteiger partial charge on any atom is 0.222 e. The highest BCUT2D eigenvalue weighted by Crippen LogP contribution is 2.32. The van der Waals surface area contributed by atoms with Gasteiger partial charge in [-0.05, 0) is 39.0 Å². The second-order valence-electron chi connectivity index (χ2n) is 5.92. The summed E-state index contributed by atoms with van der Waals surface area (Å²) in [6, 6.07) is 0.183. The summed E-state index contributed by atoms with van der Waals surface area (Å²) < 4.78 is 5.28. The SMILES string of the molecule is CCOCCCC(=O)N1CCCC1C1CCCCC1=O. The minimum absolute atomic E-state index is 0.113. The molecule has 114 valence electrons. The van der Waals surface area contributed by atoms with Crippen LogP contribution in [0.5, 0.6) is 0 Å². The number of ether oxygens (including phenoxy) is 1. The highest BCUT2D eigenvalue weighted by molar-refractivity contribution is 5.84. The van der Waals surface area contributed by atoms with Gasteiger partial charge in [0.15, 0.2) is 0 Å². The first kappa shape index (κ1) is 15.5. The van der Waals surface area contributed by atoms with Crippen molar-refractivity contribution in [1.29, 1.82) is 0 Å². The van der Waals surface area contributed by atoms with Gasteiger partial charge in [-0.25, -0.2) is 0 Å². The first-order valence-corrected chi connectivity index (χ1v) is 8.14. The summed E-state index contributed by atoms with van der Waals surface area (Å²) >= 11 is 0. The molecule has 0 aromatic heterocycles. The molecule has 2 fully saturated rings. The molecule has 20 heavy (non-hydrogen) atoms. The molecule has 2 rings (SSSR count). The average molecular weight is 281 g/mol. The molecule has 0 aromatic carbocycles. The van der Waals surface area contributed by atoms with Gasteiger partial charge in [-0.3, -0.25) is 9.59 Å². The molecular formula is C16H27NO3. The molecule has 1 aliphatic heterocycles. The summed E-state index contributed by atoms with van der Waals surface area (Å²) in [7, 11) is 0. The lowest BCUT2D eigenvalue weighted by atomic mass is 9.82. The fourth-order valence-corrected chi connectivity index (χ4v) is 3.55. The van der Waals surface area contributed by atoms with Crippen LogP contribution >= 0.6 is 0 Å². The summed E-state index contributed by atoms with van der Waals surface area (Å²) in [5.74, 6) is 0.711. The van der Waals surface area contributed by atoms with Crippen molar-refractivity contribution in [3.63, 3.8) is 0 Å². The second-order valence-corrected chi connectivity index (χ2v) is 5.92. The Hall–Kier alpha value is -0.900. The quantitative estimate of drug-likeness (QED) is 0.703. The third-order valence-electron chi connectivity index (χ3n) is 4.57. The summed E-state index contributed by atoms with van der Waals surface area (Å²) in [5.41, 5.74) is 0. The highest BCUT2D eigenvalue weighted by Gasteiger charge is 2.38. The topological polar surface area (TPSA) is 46.6 Å². The normalized spacial score (nSPS) is 27.1. The van der Waals surface area contributed by atoms with Crippen molar-refractivity contribution < 1.29 is 14.3 Å². The van der Waals surface area contributed by atoms with Gasteiger partial charge >= 0.3 is 0 Å². The summed E-state index contributed by atoms with van der Waals surface area (Å²) in [6.45, 7) is 4.16. The van der Waals surface area contributed by atoms with Crippen molar-refractivity contribution in [2.75, 3.05) is 19.8 Å². The molecule has 0 bridgehead atoms. The Morgan fingerprint density at radius 1 is 1.30 bits per heavy atom. The minimum atomic E-state index is 0.113. The van der Waals surface area contributed by atoms with Crippen LogP contribution in [0.3, 0.4) is 0 Å². The third kappa shape index (κ3) is 3.81. The molecule has 1 amide bonds. The van der Waals surface area contributed by atoms with E-state index in [2.05, 4.69) is 0 Å². The van der Waals surface area contributed by atoms with Gasteiger partial charge in [0.2, 0.25) is 5.91 Å². The van der Waals surface area contributed by atoms with Gasteiger partial charge in [0.25, 0.3) is 0 Å². The van der Waals surface area contributed by atoms with E-state index in [-0.39, 0.29) is 17.9 Å². The van der Waals surface area contributed by atoms with E-state index in [1.54, 1.807) is 0 Å². The van der Waals surface area contributed by atoms with Crippen LogP contribution in [0.1, 0.15) is 58.3 Å². The molecule has 0 N–H and O–H groups in total. The number of hydrogen-bond acceptors (Lipinski definition) is 3. The van der Waals surface area contributed by atoms with E-state index in [0.29, 0.717) is 31.8 Å². The molecule has 1 saturated heterocycles. The van der Waals surface area contributed by atoms with Crippen LogP contribution in [-0.2, 0) is 14.3 Å². The summed E-state index contributed by atoms with van der Waals surface area (Å²) in [6.07, 6.45) is 7.26. The Labute approximate surface area is 121 Å². The van der Waals surface area contributed by atoms with Crippen LogP contribution in [-0.4, -0.2) is 42.4 Å². The second kappa shape index (κ2) is 7.77. The number of hydrogen-bond donors (Lipinski definition) is 0. The lowest BCUT2D eigenvalue weighted by molar-refractivity contribution is -0.136. The third-order valence-corrected chi connectivity index (χ3v) is 4.57. The molecule has 2 unspecified atom stereocenters. The van der Waals surface area contributed by atoms with Crippen molar-refractivity contribution in [3.8, 4) is 0 Å². The summed E-state index contributed by atoms with van der Waals surface area (Å²) in [5, 5.41) is 0. The van der Waals surface area contributed by atoms with E-state index < -0.39 is 0 Å². The zero-order chi connectivity index (χ0) is 14.4. The molecule has 4 nitrogen and oxygen atoms in total. The Bertz CT molecular complexity index is 343. The lowest BCUT2D eigenvalue weighted by Crippen LogP contribution is -2.43. The number of carbonyl (C=O) groups excluding carboxylic acids is 2. The number of likely N-dealkylation sites (tertiary alicyclic amines) is 1. The first-order chi connectivity index (χ1) is 9.74. The predicted octanol–water partition coefficient (Wildman–Crippen LogP) is 2.55. The number of ketones is 1. The van der Waals surface area contributed by atoms with Gasteiger partial charge in [0, 0.05) is 44.6 Å². The van der Waals surface area contributed by atoms with Crippen LogP contribution in [0.2, 0.25) is 0 Å². The first-order valence-electron chi connectivity index (χ1n) is 8.14. The molecule has 4 heteroatoms. The van der Waals surface area contributed by atoms with E-state index in [9.17, 15) is 9.59 Å². The summed E-state index contributed by atoms with van der Waals surface area (Å²) in [4.78, 5) is 26.4. The van der Waals surface area contributed by atoms with E-state index in [0.717, 1.165) is 45.1 Å². The van der Waals surface area contributed by atoms with Crippen molar-refractivity contribution in [2.45, 2.75) is 64.3 Å². The van der Waals surface area contributed by atoms with Gasteiger partial charge in [-0.2, -0.15) is 0 Å². The van der Waals surface area contributed by atoms with E-state index >= 15 is 0 Å². The van der Waals surface area contributed by atoms with Gasteiger partial charge in [-0.1, -0.05) is 6.42 Å². The predicted molar refractivity (Wildman–Crippen MR) is 77.4 cm³/mol. The zero-order valence-corrected chi connectivity index (χ0v) is 12.6. The largest absolute Gasteiger partial charge is 0.382 e. The zero-order valence-electron chi connectivity index (χ0n) is 12.6. The van der Waals surface area contributed by atoms with Crippen LogP contribution in [0.4, 0.5) is 0 Å². The number of amides is 1. The van der Waals surface area contributed by atoms with Crippen molar-refractivity contribution in [3.05, 3.63) is 0 Å². The lowest BCUT2D eigenvalue weighted by Gasteiger charge is -2.33. The fourth-order valence-electron chi connectivity index (χ4n) is 3.55. The smallest absolute Gasteiger partial charge is 0.222 e. The van der Waals surface area contributed by atoms with Crippen molar-refractivity contribution in [1.82, 2.24) is 4.90 Å². The highest BCUT2D eigenvalue weighted by atomic mass is 16.5. The molecule has 0 spiro atoms. The molecule has 0 radical (unpaired) electrons. The number of rotatable bonds is 6. The molecule has 1 aliphatic carbocycles. The fraction of sp³-hybridized carbons (Fsp3) is 0.875. The van der Waals surface area contributed by atoms with Crippen molar-refractivity contribution in [2.24, 2.45) is 5.92 Å². The molecule has 2 aliphatic rings. The Morgan fingerprint density at radius 2 is 2.15 bits per heavy atom. The Kier molecular flexibility index (Phi) is 6.02. The van der Waals surface area contributed by atoms with E-state index in [1.807, 2.05) is 11.8 Å². The number of Topliss-reactive ketones (excluding diaryl/α,β-unsaturated/α-hetero) is 1. The monoisotopic (exact) mass is 281 g/mol. The maximum absolute atomic E-state index is 12.3. The van der Waals surface area contributed by atoms with Crippen LogP contribution in [0, 0.1) is 5.92 Å². The van der Waals surface area contributed by atoms with Gasteiger partial charge < -0.3 is 9.64 Å². The van der Waals surface area contributed by atoms with E-state index in [4.69, 9.17) is 4.74 Å². The van der Waals surface area contributed by atoms with Crippen LogP contribution in [0.15, 0.2) is 0 Å². The standard InChI is InChI=1S/C16H27NO3/c1-2-20-12-6-10-16(19)17-11-5-8-14(17)13-7-3-4-9-15(13)18/h13-14H,2-12H2,1H3. The van der Waals surface area contributed by atoms with Crippen LogP contribution < -0.4 is 0 Å². The maximum atomic E-state index is 12.3. The van der Waals surface area contributed by atoms with Gasteiger partial charge in [-0.15, -0.1) is 0 Å². The van der Waals surface area contributed by atoms with Gasteiger partial charge in [0.1, 0.15) is 5.78 Å². The Balaban J connectivity index is 1.86. The molecule has 2 atom stereocenters. The molecule has 1 saturated carbocycles. The number of carbonyl (C=O) groups is 2. The number of nitrogens with zero attached hydrogens (tertiary/aromatic N) is 1. The molecule has 0 aromatic rings. The van der Waals surface area contributed by atoms with E-state index in [1.165, 1.54) is 0 Å². The van der Waals surface area contributed by atoms with Crippen molar-refractivity contribution >= 4 is 11.7 Å².